The molecule has 0 heterocycles. The second-order valence-electron chi connectivity index (χ2n) is 6.79. The number of aryl methyl sites for hydroxylation is 2. The second kappa shape index (κ2) is 8.54. The average Bonchev–Trinajstić information content (AvgIpc) is 2.62. The van der Waals surface area contributed by atoms with E-state index in [0.29, 0.717) is 5.69 Å². The largest absolute Gasteiger partial charge is 0.348 e. The summed E-state index contributed by atoms with van der Waals surface area (Å²) in [5.41, 5.74) is 3.17. The second-order valence-corrected chi connectivity index (χ2v) is 8.85. The van der Waals surface area contributed by atoms with Gasteiger partial charge in [-0.05, 0) is 43.5 Å². The molecule has 2 aromatic carbocycles. The lowest BCUT2D eigenvalue weighted by Crippen LogP contribution is -2.46. The molecular weight excluding hydrogens is 362 g/mol. The first-order valence-corrected chi connectivity index (χ1v) is 10.1. The highest BCUT2D eigenvalue weighted by Crippen LogP contribution is 2.25. The van der Waals surface area contributed by atoms with Crippen LogP contribution in [0, 0.1) is 13.8 Å². The summed E-state index contributed by atoms with van der Waals surface area (Å²) in [6.07, 6.45) is 0. The predicted octanol–water partition coefficient (Wildman–Crippen LogP) is 2.79. The van der Waals surface area contributed by atoms with Gasteiger partial charge in [0.15, 0.2) is 0 Å². The molecule has 0 saturated carbocycles. The van der Waals surface area contributed by atoms with Crippen molar-refractivity contribution in [2.24, 2.45) is 0 Å². The Hall–Kier alpha value is -2.38. The number of anilines is 1. The first-order valence-electron chi connectivity index (χ1n) is 8.74. The van der Waals surface area contributed by atoms with Crippen molar-refractivity contribution in [1.82, 2.24) is 9.62 Å². The number of amides is 1. The molecule has 0 bridgehead atoms. The van der Waals surface area contributed by atoms with E-state index in [4.69, 9.17) is 0 Å². The van der Waals surface area contributed by atoms with Crippen molar-refractivity contribution in [3.05, 3.63) is 65.2 Å². The standard InChI is InChI=1S/C20H27N3O3S/c1-15-11-12-16(2)19(13-15)23(27(25,26)22(4)5)14-20(24)21-17(3)18-9-7-6-8-10-18/h6-13,17H,14H2,1-5H3,(H,21,24)/t17-/m1/s1. The van der Waals surface area contributed by atoms with E-state index < -0.39 is 10.2 Å². The first-order chi connectivity index (χ1) is 12.6. The van der Waals surface area contributed by atoms with Crippen LogP contribution in [0.2, 0.25) is 0 Å². The quantitative estimate of drug-likeness (QED) is 0.792. The van der Waals surface area contributed by atoms with Gasteiger partial charge in [0.25, 0.3) is 0 Å². The summed E-state index contributed by atoms with van der Waals surface area (Å²) in [4.78, 5) is 12.6. The van der Waals surface area contributed by atoms with E-state index in [-0.39, 0.29) is 18.5 Å². The zero-order valence-corrected chi connectivity index (χ0v) is 17.2. The molecule has 0 aliphatic carbocycles. The van der Waals surface area contributed by atoms with Crippen molar-refractivity contribution in [3.8, 4) is 0 Å². The van der Waals surface area contributed by atoms with Gasteiger partial charge in [0, 0.05) is 14.1 Å². The molecule has 0 aromatic heterocycles. The summed E-state index contributed by atoms with van der Waals surface area (Å²) < 4.78 is 28.0. The van der Waals surface area contributed by atoms with Gasteiger partial charge >= 0.3 is 10.2 Å². The fraction of sp³-hybridized carbons (Fsp3) is 0.350. The molecule has 0 spiro atoms. The van der Waals surface area contributed by atoms with E-state index in [1.165, 1.54) is 14.1 Å². The van der Waals surface area contributed by atoms with Gasteiger partial charge in [0.1, 0.15) is 6.54 Å². The van der Waals surface area contributed by atoms with Gasteiger partial charge in [-0.3, -0.25) is 4.79 Å². The molecular formula is C20H27N3O3S. The first kappa shape index (κ1) is 20.9. The average molecular weight is 390 g/mol. The molecule has 0 unspecified atom stereocenters. The van der Waals surface area contributed by atoms with E-state index in [0.717, 1.165) is 25.3 Å². The SMILES string of the molecule is Cc1ccc(C)c(N(CC(=O)N[C@H](C)c2ccccc2)S(=O)(=O)N(C)C)c1. The Morgan fingerprint density at radius 3 is 2.30 bits per heavy atom. The van der Waals surface area contributed by atoms with Crippen LogP contribution >= 0.6 is 0 Å². The van der Waals surface area contributed by atoms with Gasteiger partial charge < -0.3 is 5.32 Å². The van der Waals surface area contributed by atoms with E-state index in [1.807, 2.05) is 63.2 Å². The fourth-order valence-electron chi connectivity index (χ4n) is 2.72. The lowest BCUT2D eigenvalue weighted by Gasteiger charge is -2.29. The minimum absolute atomic E-state index is 0.221. The number of nitrogens with zero attached hydrogens (tertiary/aromatic N) is 2. The van der Waals surface area contributed by atoms with E-state index in [9.17, 15) is 13.2 Å². The van der Waals surface area contributed by atoms with Crippen LogP contribution in [0.1, 0.15) is 29.7 Å². The number of hydrogen-bond acceptors (Lipinski definition) is 3. The summed E-state index contributed by atoms with van der Waals surface area (Å²) >= 11 is 0. The molecule has 0 aliphatic rings. The van der Waals surface area contributed by atoms with E-state index in [1.54, 1.807) is 6.07 Å². The van der Waals surface area contributed by atoms with E-state index >= 15 is 0 Å². The van der Waals surface area contributed by atoms with Crippen molar-refractivity contribution >= 4 is 21.8 Å². The van der Waals surface area contributed by atoms with Gasteiger partial charge in [-0.1, -0.05) is 42.5 Å². The monoisotopic (exact) mass is 389 g/mol. The summed E-state index contributed by atoms with van der Waals surface area (Å²) in [6, 6.07) is 14.9. The highest BCUT2D eigenvalue weighted by Gasteiger charge is 2.28. The highest BCUT2D eigenvalue weighted by atomic mass is 32.2. The molecule has 7 heteroatoms. The summed E-state index contributed by atoms with van der Waals surface area (Å²) in [6.45, 7) is 5.30. The van der Waals surface area contributed by atoms with Crippen LogP contribution in [0.3, 0.4) is 0 Å². The molecule has 1 N–H and O–H groups in total. The van der Waals surface area contributed by atoms with Crippen LogP contribution in [0.25, 0.3) is 0 Å². The normalized spacial score (nSPS) is 12.7. The van der Waals surface area contributed by atoms with Gasteiger partial charge in [0.2, 0.25) is 5.91 Å². The number of nitrogens with one attached hydrogen (secondary N) is 1. The molecule has 0 fully saturated rings. The molecule has 1 amide bonds. The number of carbonyl (C=O) groups is 1. The molecule has 146 valence electrons. The van der Waals surface area contributed by atoms with Gasteiger partial charge in [0.05, 0.1) is 11.7 Å². The van der Waals surface area contributed by atoms with E-state index in [2.05, 4.69) is 5.32 Å². The van der Waals surface area contributed by atoms with Gasteiger partial charge in [-0.25, -0.2) is 4.31 Å². The molecule has 2 rings (SSSR count). The van der Waals surface area contributed by atoms with Crippen molar-refractivity contribution in [2.75, 3.05) is 24.9 Å². The van der Waals surface area contributed by atoms with Crippen LogP contribution in [0.15, 0.2) is 48.5 Å². The summed E-state index contributed by atoms with van der Waals surface area (Å²) in [5, 5.41) is 2.88. The third-order valence-electron chi connectivity index (χ3n) is 4.34. The Bertz CT molecular complexity index is 896. The van der Waals surface area contributed by atoms with Crippen LogP contribution in [0.5, 0.6) is 0 Å². The predicted molar refractivity (Wildman–Crippen MR) is 109 cm³/mol. The smallest absolute Gasteiger partial charge is 0.304 e. The molecule has 0 radical (unpaired) electrons. The van der Waals surface area contributed by atoms with Crippen molar-refractivity contribution in [2.45, 2.75) is 26.8 Å². The summed E-state index contributed by atoms with van der Waals surface area (Å²) in [5.74, 6) is -0.363. The van der Waals surface area contributed by atoms with Crippen molar-refractivity contribution < 1.29 is 13.2 Å². The Balaban J connectivity index is 2.29. The van der Waals surface area contributed by atoms with Crippen LogP contribution < -0.4 is 9.62 Å². The number of carbonyl (C=O) groups excluding carboxylic acids is 1. The number of benzene rings is 2. The molecule has 2 aromatic rings. The third-order valence-corrected chi connectivity index (χ3v) is 6.14. The lowest BCUT2D eigenvalue weighted by molar-refractivity contribution is -0.120. The molecule has 0 aliphatic heterocycles. The topological polar surface area (TPSA) is 69.7 Å². The van der Waals surface area contributed by atoms with Crippen molar-refractivity contribution in [3.63, 3.8) is 0 Å². The molecule has 0 saturated heterocycles. The zero-order chi connectivity index (χ0) is 20.2. The number of hydrogen-bond donors (Lipinski definition) is 1. The Morgan fingerprint density at radius 1 is 1.07 bits per heavy atom. The van der Waals surface area contributed by atoms with Crippen molar-refractivity contribution in [1.29, 1.82) is 0 Å². The van der Waals surface area contributed by atoms with Gasteiger partial charge in [-0.15, -0.1) is 0 Å². The Morgan fingerprint density at radius 2 is 1.70 bits per heavy atom. The number of rotatable bonds is 7. The molecule has 6 nitrogen and oxygen atoms in total. The van der Waals surface area contributed by atoms with Crippen LogP contribution in [0.4, 0.5) is 5.69 Å². The van der Waals surface area contributed by atoms with Gasteiger partial charge in [-0.2, -0.15) is 12.7 Å². The minimum Gasteiger partial charge on any atom is -0.348 e. The van der Waals surface area contributed by atoms with Crippen LogP contribution in [-0.4, -0.2) is 39.3 Å². The maximum Gasteiger partial charge on any atom is 0.304 e. The lowest BCUT2D eigenvalue weighted by atomic mass is 10.1. The molecule has 1 atom stereocenters. The zero-order valence-electron chi connectivity index (χ0n) is 16.4. The third kappa shape index (κ3) is 5.08. The highest BCUT2D eigenvalue weighted by molar-refractivity contribution is 7.90. The Labute approximate surface area is 162 Å². The Kier molecular flexibility index (Phi) is 6.62. The maximum absolute atomic E-state index is 12.9. The maximum atomic E-state index is 12.9. The van der Waals surface area contributed by atoms with Crippen LogP contribution in [-0.2, 0) is 15.0 Å². The molecule has 27 heavy (non-hydrogen) atoms. The fourth-order valence-corrected chi connectivity index (χ4v) is 3.84. The summed E-state index contributed by atoms with van der Waals surface area (Å²) in [7, 11) is -0.908. The minimum atomic E-state index is -3.82.